The summed E-state index contributed by atoms with van der Waals surface area (Å²) in [7, 11) is 0. The molecule has 0 aromatic heterocycles. The highest BCUT2D eigenvalue weighted by Gasteiger charge is 2.58. The highest BCUT2D eigenvalue weighted by molar-refractivity contribution is 9.08. The summed E-state index contributed by atoms with van der Waals surface area (Å²) < 4.78 is 30.7. The highest BCUT2D eigenvalue weighted by Crippen LogP contribution is 2.39. The average molecular weight is 499 g/mol. The van der Waals surface area contributed by atoms with Crippen LogP contribution in [0.25, 0.3) is 0 Å². The Hall–Kier alpha value is -1.86. The van der Waals surface area contributed by atoms with Crippen LogP contribution in [-0.4, -0.2) is 65.0 Å². The lowest BCUT2D eigenvalue weighted by Gasteiger charge is -2.49. The molecular formula is C16H23BrN2O9S. The van der Waals surface area contributed by atoms with Gasteiger partial charge < -0.3 is 29.4 Å². The van der Waals surface area contributed by atoms with Crippen molar-refractivity contribution in [3.8, 4) is 0 Å². The van der Waals surface area contributed by atoms with E-state index < -0.39 is 53.2 Å². The maximum absolute atomic E-state index is 11.7. The van der Waals surface area contributed by atoms with Gasteiger partial charge in [0.1, 0.15) is 12.2 Å². The van der Waals surface area contributed by atoms with Gasteiger partial charge in [-0.25, -0.2) is 0 Å². The van der Waals surface area contributed by atoms with Crippen LogP contribution >= 0.6 is 27.9 Å². The van der Waals surface area contributed by atoms with Gasteiger partial charge in [-0.2, -0.15) is 4.02 Å². The van der Waals surface area contributed by atoms with Crippen LogP contribution in [0.2, 0.25) is 0 Å². The Balaban J connectivity index is 3.47. The molecule has 0 radical (unpaired) electrons. The number of nitrogens with two attached hydrogens (primary N) is 1. The van der Waals surface area contributed by atoms with Crippen LogP contribution in [-0.2, 0) is 42.9 Å². The lowest BCUT2D eigenvalue weighted by molar-refractivity contribution is -0.267. The lowest BCUT2D eigenvalue weighted by atomic mass is 9.88. The van der Waals surface area contributed by atoms with E-state index in [-0.39, 0.29) is 11.8 Å². The van der Waals surface area contributed by atoms with Crippen molar-refractivity contribution in [2.24, 2.45) is 9.75 Å². The van der Waals surface area contributed by atoms with Crippen LogP contribution < -0.4 is 5.73 Å². The molecule has 164 valence electrons. The summed E-state index contributed by atoms with van der Waals surface area (Å²) in [5.74, 6) is -2.72. The van der Waals surface area contributed by atoms with E-state index in [1.165, 1.54) is 13.8 Å². The predicted octanol–water partition coefficient (Wildman–Crippen LogP) is 0.817. The largest absolute Gasteiger partial charge is 0.463 e. The van der Waals surface area contributed by atoms with Crippen molar-refractivity contribution in [2.75, 3.05) is 6.61 Å². The Morgan fingerprint density at radius 1 is 1.00 bits per heavy atom. The molecule has 0 spiro atoms. The maximum Gasteiger partial charge on any atom is 0.303 e. The topological polar surface area (TPSA) is 153 Å². The fraction of sp³-hybridized carbons (Fsp3) is 0.688. The van der Waals surface area contributed by atoms with E-state index in [0.717, 1.165) is 32.5 Å². The van der Waals surface area contributed by atoms with Crippen molar-refractivity contribution in [3.05, 3.63) is 0 Å². The monoisotopic (exact) mass is 498 g/mol. The minimum absolute atomic E-state index is 0.0227. The summed E-state index contributed by atoms with van der Waals surface area (Å²) in [6.45, 7) is 5.80. The predicted molar refractivity (Wildman–Crippen MR) is 105 cm³/mol. The van der Waals surface area contributed by atoms with E-state index in [1.54, 1.807) is 0 Å². The molecule has 0 aliphatic carbocycles. The van der Waals surface area contributed by atoms with Gasteiger partial charge in [0.15, 0.2) is 28.9 Å². The minimum Gasteiger partial charge on any atom is -0.463 e. The third-order valence-corrected chi connectivity index (χ3v) is 5.20. The van der Waals surface area contributed by atoms with Crippen LogP contribution in [0, 0.1) is 0 Å². The molecule has 29 heavy (non-hydrogen) atoms. The lowest BCUT2D eigenvalue weighted by Crippen LogP contribution is -2.67. The van der Waals surface area contributed by atoms with Crippen molar-refractivity contribution in [1.82, 2.24) is 0 Å². The first-order valence-corrected chi connectivity index (χ1v) is 9.92. The van der Waals surface area contributed by atoms with Crippen molar-refractivity contribution >= 4 is 57.0 Å². The van der Waals surface area contributed by atoms with Gasteiger partial charge in [-0.1, -0.05) is 11.8 Å². The second-order valence-corrected chi connectivity index (χ2v) is 7.77. The van der Waals surface area contributed by atoms with Crippen molar-refractivity contribution in [2.45, 2.75) is 64.0 Å². The van der Waals surface area contributed by atoms with Crippen LogP contribution in [0.5, 0.6) is 0 Å². The molecule has 1 aliphatic rings. The molecule has 2 N–H and O–H groups in total. The van der Waals surface area contributed by atoms with E-state index in [9.17, 15) is 19.2 Å². The first-order valence-electron chi connectivity index (χ1n) is 8.33. The normalized spacial score (nSPS) is 29.5. The van der Waals surface area contributed by atoms with Gasteiger partial charge in [0, 0.05) is 27.7 Å². The Bertz CT molecular complexity index is 689. The Kier molecular flexibility index (Phi) is 9.36. The van der Waals surface area contributed by atoms with Gasteiger partial charge in [0.2, 0.25) is 0 Å². The Labute approximate surface area is 180 Å². The van der Waals surface area contributed by atoms with E-state index in [2.05, 4.69) is 20.2 Å². The quantitative estimate of drug-likeness (QED) is 0.239. The number of ether oxygens (including phenoxy) is 5. The fourth-order valence-electron chi connectivity index (χ4n) is 2.67. The van der Waals surface area contributed by atoms with Crippen molar-refractivity contribution in [1.29, 1.82) is 0 Å². The van der Waals surface area contributed by atoms with Crippen LogP contribution in [0.1, 0.15) is 34.6 Å². The van der Waals surface area contributed by atoms with Crippen molar-refractivity contribution in [3.63, 3.8) is 0 Å². The number of carbonyl (C=O) groups excluding carboxylic acids is 4. The second-order valence-electron chi connectivity index (χ2n) is 6.30. The molecule has 0 aromatic carbocycles. The molecule has 1 fully saturated rings. The van der Waals surface area contributed by atoms with E-state index in [4.69, 9.17) is 29.4 Å². The molecule has 1 saturated heterocycles. The van der Waals surface area contributed by atoms with Gasteiger partial charge in [-0.3, -0.25) is 19.2 Å². The average Bonchev–Trinajstić information content (AvgIpc) is 2.58. The van der Waals surface area contributed by atoms with Gasteiger partial charge in [0.25, 0.3) is 0 Å². The van der Waals surface area contributed by atoms with Crippen LogP contribution in [0.15, 0.2) is 4.02 Å². The molecule has 0 aromatic rings. The molecule has 5 atom stereocenters. The smallest absolute Gasteiger partial charge is 0.303 e. The number of nitrogens with zero attached hydrogens (tertiary/aromatic N) is 1. The second kappa shape index (κ2) is 10.8. The van der Waals surface area contributed by atoms with E-state index in [0.29, 0.717) is 0 Å². The number of amidine groups is 1. The molecule has 1 rings (SSSR count). The highest BCUT2D eigenvalue weighted by atomic mass is 79.9. The fourth-order valence-corrected chi connectivity index (χ4v) is 3.81. The zero-order chi connectivity index (χ0) is 22.4. The third-order valence-electron chi connectivity index (χ3n) is 3.66. The summed E-state index contributed by atoms with van der Waals surface area (Å²) in [6.07, 6.45) is -3.73. The standard InChI is InChI=1S/C16H23BrN2O9S/c1-7(20)24-6-16(5)13(27-10(4)23)11(25-8(2)21)12(26-9(3)22)14(28-16)29-15(18)19-17/h11-14H,6H2,1-5H3,(H2,18,19)/t11?,12?,13-,14-,16?/m0/s1. The number of rotatable bonds is 6. The molecule has 11 nitrogen and oxygen atoms in total. The number of hydrogen-bond acceptors (Lipinski definition) is 11. The Morgan fingerprint density at radius 2 is 1.52 bits per heavy atom. The molecule has 3 unspecified atom stereocenters. The van der Waals surface area contributed by atoms with Crippen LogP contribution in [0.4, 0.5) is 0 Å². The number of thioether (sulfide) groups is 1. The van der Waals surface area contributed by atoms with Gasteiger partial charge >= 0.3 is 23.9 Å². The SMILES string of the molecule is CC(=O)OCC1(C)O[C@@H](SC(N)=NBr)C(OC(C)=O)C(OC(C)=O)[C@@H]1OC(C)=O. The van der Waals surface area contributed by atoms with Gasteiger partial charge in [-0.05, 0) is 6.92 Å². The van der Waals surface area contributed by atoms with Gasteiger partial charge in [-0.15, -0.1) is 0 Å². The third kappa shape index (κ3) is 7.48. The van der Waals surface area contributed by atoms with E-state index in [1.807, 2.05) is 0 Å². The maximum atomic E-state index is 11.7. The molecule has 1 aliphatic heterocycles. The summed E-state index contributed by atoms with van der Waals surface area (Å²) in [4.78, 5) is 46.5. The molecule has 1 heterocycles. The van der Waals surface area contributed by atoms with Gasteiger partial charge in [0.05, 0.1) is 16.1 Å². The number of esters is 4. The number of hydrogen-bond donors (Lipinski definition) is 1. The Morgan fingerprint density at radius 3 is 1.97 bits per heavy atom. The molecule has 0 saturated carbocycles. The first kappa shape index (κ1) is 25.2. The number of carbonyl (C=O) groups is 4. The molecule has 13 heteroatoms. The summed E-state index contributed by atoms with van der Waals surface area (Å²) in [6, 6.07) is 0. The zero-order valence-corrected chi connectivity index (χ0v) is 18.9. The summed E-state index contributed by atoms with van der Waals surface area (Å²) in [5.41, 5.74) is 3.25. The number of halogens is 1. The molecular weight excluding hydrogens is 476 g/mol. The summed E-state index contributed by atoms with van der Waals surface area (Å²) in [5, 5.41) is 0.0227. The van der Waals surface area contributed by atoms with Crippen LogP contribution in [0.3, 0.4) is 0 Å². The summed E-state index contributed by atoms with van der Waals surface area (Å²) >= 11 is 3.71. The minimum atomic E-state index is -1.46. The first-order chi connectivity index (χ1) is 13.4. The zero-order valence-electron chi connectivity index (χ0n) is 16.5. The van der Waals surface area contributed by atoms with Crippen molar-refractivity contribution < 1.29 is 42.9 Å². The molecule has 0 bridgehead atoms. The molecule has 0 amide bonds. The van der Waals surface area contributed by atoms with E-state index >= 15 is 0 Å².